The first-order valence-corrected chi connectivity index (χ1v) is 7.34. The summed E-state index contributed by atoms with van der Waals surface area (Å²) >= 11 is 1.16. The highest BCUT2D eigenvalue weighted by molar-refractivity contribution is 7.00. The number of benzene rings is 1. The monoisotopic (exact) mass is 315 g/mol. The average molecular weight is 315 g/mol. The fraction of sp³-hybridized carbons (Fsp3) is 0.200. The van der Waals surface area contributed by atoms with Gasteiger partial charge >= 0.3 is 0 Å². The molecule has 1 amide bonds. The van der Waals surface area contributed by atoms with Gasteiger partial charge in [0.05, 0.1) is 11.7 Å². The summed E-state index contributed by atoms with van der Waals surface area (Å²) in [5, 5.41) is 0. The molecule has 0 bridgehead atoms. The first kappa shape index (κ1) is 14.4. The maximum Gasteiger partial charge on any atom is 0.289 e. The van der Waals surface area contributed by atoms with Crippen molar-refractivity contribution in [2.75, 3.05) is 7.05 Å². The third-order valence-corrected chi connectivity index (χ3v) is 3.74. The van der Waals surface area contributed by atoms with Gasteiger partial charge in [0.2, 0.25) is 0 Å². The van der Waals surface area contributed by atoms with E-state index in [0.29, 0.717) is 12.3 Å². The van der Waals surface area contributed by atoms with Crippen LogP contribution in [0.4, 0.5) is 0 Å². The third kappa shape index (κ3) is 2.89. The lowest BCUT2D eigenvalue weighted by Crippen LogP contribution is -2.27. The summed E-state index contributed by atoms with van der Waals surface area (Å²) in [6.07, 6.45) is 0. The molecule has 0 spiro atoms. The zero-order valence-corrected chi connectivity index (χ0v) is 12.9. The van der Waals surface area contributed by atoms with Crippen LogP contribution in [0.5, 0.6) is 0 Å². The lowest BCUT2D eigenvalue weighted by molar-refractivity contribution is 0.0749. The van der Waals surface area contributed by atoms with Crippen molar-refractivity contribution in [1.82, 2.24) is 13.6 Å². The molecule has 2 aromatic heterocycles. The Labute approximate surface area is 130 Å². The molecule has 7 heteroatoms. The summed E-state index contributed by atoms with van der Waals surface area (Å²) in [6, 6.07) is 8.23. The molecule has 22 heavy (non-hydrogen) atoms. The van der Waals surface area contributed by atoms with Crippen LogP contribution in [0.2, 0.25) is 0 Å². The van der Waals surface area contributed by atoms with Gasteiger partial charge in [-0.25, -0.2) is 0 Å². The molecule has 1 aromatic carbocycles. The fourth-order valence-electron chi connectivity index (χ4n) is 2.17. The molecule has 6 nitrogen and oxygen atoms in total. The molecule has 0 N–H and O–H groups in total. The van der Waals surface area contributed by atoms with E-state index in [1.165, 1.54) is 17.0 Å². The molecule has 0 fully saturated rings. The molecule has 0 aliphatic heterocycles. The quantitative estimate of drug-likeness (QED) is 0.741. The standard InChI is InChI=1S/C15H13N3O3S/c1-9-5-11(19)7-14(21-9)15(20)18(2)8-10-3-4-12-13(6-10)17-22-16-12/h3-7H,8H2,1-2H3. The normalized spacial score (nSPS) is 10.8. The lowest BCUT2D eigenvalue weighted by atomic mass is 10.2. The van der Waals surface area contributed by atoms with Crippen molar-refractivity contribution in [2.45, 2.75) is 13.5 Å². The molecule has 0 unspecified atom stereocenters. The van der Waals surface area contributed by atoms with Gasteiger partial charge in [0.15, 0.2) is 11.2 Å². The Morgan fingerprint density at radius 3 is 2.77 bits per heavy atom. The van der Waals surface area contributed by atoms with E-state index in [-0.39, 0.29) is 17.1 Å². The van der Waals surface area contributed by atoms with Gasteiger partial charge in [0.25, 0.3) is 5.91 Å². The Bertz CT molecular complexity index is 900. The average Bonchev–Trinajstić information content (AvgIpc) is 2.93. The Morgan fingerprint density at radius 1 is 1.23 bits per heavy atom. The van der Waals surface area contributed by atoms with E-state index in [0.717, 1.165) is 28.3 Å². The first-order valence-electron chi connectivity index (χ1n) is 6.61. The number of rotatable bonds is 3. The summed E-state index contributed by atoms with van der Waals surface area (Å²) in [5.41, 5.74) is 2.35. The highest BCUT2D eigenvalue weighted by Crippen LogP contribution is 2.15. The number of aryl methyl sites for hydroxylation is 1. The number of nitrogens with zero attached hydrogens (tertiary/aromatic N) is 3. The molecule has 0 atom stereocenters. The zero-order valence-electron chi connectivity index (χ0n) is 12.1. The predicted octanol–water partition coefficient (Wildman–Crippen LogP) is 2.23. The second kappa shape index (κ2) is 5.69. The number of aromatic nitrogens is 2. The maximum atomic E-state index is 12.3. The van der Waals surface area contributed by atoms with Gasteiger partial charge in [-0.3, -0.25) is 9.59 Å². The third-order valence-electron chi connectivity index (χ3n) is 3.19. The number of hydrogen-bond acceptors (Lipinski definition) is 6. The van der Waals surface area contributed by atoms with Crippen LogP contribution in [0.15, 0.2) is 39.5 Å². The Morgan fingerprint density at radius 2 is 2.00 bits per heavy atom. The predicted molar refractivity (Wildman–Crippen MR) is 82.9 cm³/mol. The molecule has 0 saturated carbocycles. The summed E-state index contributed by atoms with van der Waals surface area (Å²) in [4.78, 5) is 25.3. The Kier molecular flexibility index (Phi) is 3.72. The second-order valence-corrected chi connectivity index (χ2v) is 5.54. The zero-order chi connectivity index (χ0) is 15.7. The van der Waals surface area contributed by atoms with Crippen molar-refractivity contribution in [3.8, 4) is 0 Å². The maximum absolute atomic E-state index is 12.3. The Balaban J connectivity index is 1.82. The van der Waals surface area contributed by atoms with Gasteiger partial charge in [-0.1, -0.05) is 6.07 Å². The molecule has 0 saturated heterocycles. The second-order valence-electron chi connectivity index (χ2n) is 5.02. The molecular formula is C15H13N3O3S. The van der Waals surface area contributed by atoms with E-state index in [2.05, 4.69) is 8.75 Å². The Hall–Kier alpha value is -2.54. The van der Waals surface area contributed by atoms with Crippen molar-refractivity contribution < 1.29 is 9.21 Å². The fourth-order valence-corrected chi connectivity index (χ4v) is 2.69. The molecule has 0 radical (unpaired) electrons. The van der Waals surface area contributed by atoms with Crippen molar-refractivity contribution in [2.24, 2.45) is 0 Å². The van der Waals surface area contributed by atoms with Crippen molar-refractivity contribution in [1.29, 1.82) is 0 Å². The van der Waals surface area contributed by atoms with Crippen LogP contribution < -0.4 is 5.43 Å². The molecule has 3 rings (SSSR count). The summed E-state index contributed by atoms with van der Waals surface area (Å²) in [7, 11) is 1.66. The van der Waals surface area contributed by atoms with E-state index >= 15 is 0 Å². The highest BCUT2D eigenvalue weighted by atomic mass is 32.1. The van der Waals surface area contributed by atoms with E-state index in [1.54, 1.807) is 14.0 Å². The topological polar surface area (TPSA) is 76.3 Å². The lowest BCUT2D eigenvalue weighted by Gasteiger charge is -2.16. The van der Waals surface area contributed by atoms with Crippen LogP contribution in [0.25, 0.3) is 11.0 Å². The number of fused-ring (bicyclic) bond motifs is 1. The number of carbonyl (C=O) groups excluding carboxylic acids is 1. The van der Waals surface area contributed by atoms with E-state index in [4.69, 9.17) is 4.42 Å². The molecule has 0 aliphatic carbocycles. The summed E-state index contributed by atoms with van der Waals surface area (Å²) in [6.45, 7) is 2.03. The minimum absolute atomic E-state index is 0.0453. The number of amides is 1. The highest BCUT2D eigenvalue weighted by Gasteiger charge is 2.16. The van der Waals surface area contributed by atoms with Crippen molar-refractivity contribution in [3.05, 3.63) is 57.6 Å². The molecular weight excluding hydrogens is 302 g/mol. The van der Waals surface area contributed by atoms with Crippen LogP contribution >= 0.6 is 11.7 Å². The minimum Gasteiger partial charge on any atom is -0.456 e. The van der Waals surface area contributed by atoms with Crippen LogP contribution in [-0.4, -0.2) is 26.6 Å². The van der Waals surface area contributed by atoms with Gasteiger partial charge < -0.3 is 9.32 Å². The van der Waals surface area contributed by atoms with Crippen LogP contribution in [0, 0.1) is 6.92 Å². The van der Waals surface area contributed by atoms with E-state index in [9.17, 15) is 9.59 Å². The largest absolute Gasteiger partial charge is 0.456 e. The summed E-state index contributed by atoms with van der Waals surface area (Å²) < 4.78 is 13.6. The molecule has 0 aliphatic rings. The number of hydrogen-bond donors (Lipinski definition) is 0. The van der Waals surface area contributed by atoms with Gasteiger partial charge in [-0.05, 0) is 24.6 Å². The van der Waals surface area contributed by atoms with Crippen LogP contribution in [0.1, 0.15) is 21.9 Å². The minimum atomic E-state index is -0.336. The van der Waals surface area contributed by atoms with E-state index in [1.807, 2.05) is 18.2 Å². The van der Waals surface area contributed by atoms with Crippen molar-refractivity contribution >= 4 is 28.7 Å². The molecule has 112 valence electrons. The van der Waals surface area contributed by atoms with Crippen LogP contribution in [-0.2, 0) is 6.54 Å². The van der Waals surface area contributed by atoms with E-state index < -0.39 is 0 Å². The summed E-state index contributed by atoms with van der Waals surface area (Å²) in [5.74, 6) is 0.125. The van der Waals surface area contributed by atoms with Crippen molar-refractivity contribution in [3.63, 3.8) is 0 Å². The van der Waals surface area contributed by atoms with Gasteiger partial charge in [-0.2, -0.15) is 8.75 Å². The molecule has 2 heterocycles. The molecule has 3 aromatic rings. The van der Waals surface area contributed by atoms with Crippen LogP contribution in [0.3, 0.4) is 0 Å². The van der Waals surface area contributed by atoms with Gasteiger partial charge in [-0.15, -0.1) is 0 Å². The van der Waals surface area contributed by atoms with Gasteiger partial charge in [0.1, 0.15) is 16.8 Å². The smallest absolute Gasteiger partial charge is 0.289 e. The van der Waals surface area contributed by atoms with Gasteiger partial charge in [0, 0.05) is 25.7 Å². The SMILES string of the molecule is Cc1cc(=O)cc(C(=O)N(C)Cc2ccc3nsnc3c2)o1. The number of carbonyl (C=O) groups is 1. The first-order chi connectivity index (χ1) is 10.5.